The van der Waals surface area contributed by atoms with Crippen LogP contribution in [0.15, 0.2) is 96.6 Å². The molecule has 0 radical (unpaired) electrons. The molecular weight excluding hydrogens is 296 g/mol. The van der Waals surface area contributed by atoms with Crippen molar-refractivity contribution in [1.29, 1.82) is 0 Å². The van der Waals surface area contributed by atoms with Gasteiger partial charge in [0.1, 0.15) is 6.10 Å². The van der Waals surface area contributed by atoms with Crippen molar-refractivity contribution in [3.8, 4) is 0 Å². The molecular formula is C22H18O2. The number of ketones is 1. The molecule has 0 saturated carbocycles. The Morgan fingerprint density at radius 1 is 0.833 bits per heavy atom. The van der Waals surface area contributed by atoms with Gasteiger partial charge in [-0.1, -0.05) is 91.0 Å². The van der Waals surface area contributed by atoms with Crippen LogP contribution in [0.1, 0.15) is 29.0 Å². The summed E-state index contributed by atoms with van der Waals surface area (Å²) >= 11 is 0. The van der Waals surface area contributed by atoms with Crippen molar-refractivity contribution in [2.24, 2.45) is 0 Å². The number of aliphatic hydroxyl groups excluding tert-OH is 1. The number of benzene rings is 3. The highest BCUT2D eigenvalue weighted by molar-refractivity contribution is 6.12. The molecule has 24 heavy (non-hydrogen) atoms. The van der Waals surface area contributed by atoms with E-state index in [1.54, 1.807) is 60.7 Å². The van der Waals surface area contributed by atoms with Gasteiger partial charge in [0.05, 0.1) is 1.37 Å². The summed E-state index contributed by atoms with van der Waals surface area (Å²) in [7, 11) is 0. The largest absolute Gasteiger partial charge is 0.384 e. The molecule has 0 aliphatic carbocycles. The summed E-state index contributed by atoms with van der Waals surface area (Å²) in [6.07, 6.45) is -1.17. The molecule has 1 N–H and O–H groups in total. The zero-order valence-electron chi connectivity index (χ0n) is 14.1. The van der Waals surface area contributed by atoms with Crippen LogP contribution in [0.3, 0.4) is 0 Å². The summed E-state index contributed by atoms with van der Waals surface area (Å²) in [5.74, 6) is -0.342. The Kier molecular flexibility index (Phi) is 4.59. The van der Waals surface area contributed by atoms with Crippen molar-refractivity contribution in [3.05, 3.63) is 113 Å². The molecule has 1 unspecified atom stereocenters. The molecule has 0 aromatic heterocycles. The van der Waals surface area contributed by atoms with Crippen LogP contribution in [-0.2, 0) is 0 Å². The summed E-state index contributed by atoms with van der Waals surface area (Å²) in [4.78, 5) is 13.0. The molecule has 118 valence electrons. The van der Waals surface area contributed by atoms with E-state index in [2.05, 4.69) is 0 Å². The molecule has 0 amide bonds. The van der Waals surface area contributed by atoms with Crippen molar-refractivity contribution in [2.75, 3.05) is 0 Å². The Morgan fingerprint density at radius 3 is 1.92 bits per heavy atom. The van der Waals surface area contributed by atoms with Crippen molar-refractivity contribution in [2.45, 2.75) is 6.10 Å². The number of hydrogen-bond acceptors (Lipinski definition) is 2. The lowest BCUT2D eigenvalue weighted by Gasteiger charge is -2.15. The summed E-state index contributed by atoms with van der Waals surface area (Å²) in [6, 6.07) is 26.7. The lowest BCUT2D eigenvalue weighted by Crippen LogP contribution is -2.12. The second kappa shape index (κ2) is 7.53. The van der Waals surface area contributed by atoms with E-state index in [0.29, 0.717) is 16.7 Å². The molecule has 2 heteroatoms. The molecule has 0 heterocycles. The van der Waals surface area contributed by atoms with E-state index in [9.17, 15) is 9.90 Å². The Hall–Kier alpha value is -2.97. The number of Topliss-reactive ketones (excluding diaryl/α,β-unsaturated/α-hetero) is 1. The maximum Gasteiger partial charge on any atom is 0.191 e. The molecule has 3 aromatic carbocycles. The van der Waals surface area contributed by atoms with Gasteiger partial charge in [-0.2, -0.15) is 0 Å². The topological polar surface area (TPSA) is 37.3 Å². The lowest BCUT2D eigenvalue weighted by atomic mass is 9.92. The van der Waals surface area contributed by atoms with Gasteiger partial charge in [-0.15, -0.1) is 0 Å². The Balaban J connectivity index is 2.13. The molecule has 0 spiro atoms. The fraction of sp³-hybridized carbons (Fsp3) is 0.0455. The van der Waals surface area contributed by atoms with Crippen molar-refractivity contribution in [1.82, 2.24) is 0 Å². The van der Waals surface area contributed by atoms with E-state index in [1.165, 1.54) is 0 Å². The van der Waals surface area contributed by atoms with Gasteiger partial charge >= 0.3 is 0 Å². The minimum absolute atomic E-state index is 0.0332. The Morgan fingerprint density at radius 2 is 1.33 bits per heavy atom. The number of rotatable bonds is 5. The van der Waals surface area contributed by atoms with Crippen LogP contribution in [0.4, 0.5) is 0 Å². The molecule has 0 aliphatic rings. The molecule has 3 rings (SSSR count). The van der Waals surface area contributed by atoms with Crippen LogP contribution < -0.4 is 0 Å². The van der Waals surface area contributed by atoms with Gasteiger partial charge in [0.15, 0.2) is 5.78 Å². The van der Waals surface area contributed by atoms with Crippen LogP contribution >= 0.6 is 0 Å². The molecule has 0 saturated heterocycles. The molecule has 0 bridgehead atoms. The third kappa shape index (κ3) is 3.67. The first-order valence-electron chi connectivity index (χ1n) is 8.27. The number of aliphatic hydroxyl groups is 1. The third-order valence-electron chi connectivity index (χ3n) is 3.72. The van der Waals surface area contributed by atoms with E-state index >= 15 is 0 Å². The predicted molar refractivity (Wildman–Crippen MR) is 96.6 cm³/mol. The van der Waals surface area contributed by atoms with E-state index in [-0.39, 0.29) is 17.4 Å². The van der Waals surface area contributed by atoms with E-state index in [4.69, 9.17) is 1.37 Å². The number of carbonyl (C=O) groups is 1. The fourth-order valence-corrected chi connectivity index (χ4v) is 2.47. The van der Waals surface area contributed by atoms with E-state index in [0.717, 1.165) is 0 Å². The zero-order valence-corrected chi connectivity index (χ0v) is 13.1. The highest BCUT2D eigenvalue weighted by atomic mass is 16.3. The minimum Gasteiger partial charge on any atom is -0.384 e. The molecule has 0 fully saturated rings. The second-order valence-corrected chi connectivity index (χ2v) is 5.41. The van der Waals surface area contributed by atoms with Crippen LogP contribution in [0.2, 0.25) is 0 Å². The first-order chi connectivity index (χ1) is 12.2. The van der Waals surface area contributed by atoms with Gasteiger partial charge in [0, 0.05) is 11.1 Å². The zero-order chi connectivity index (χ0) is 17.6. The first kappa shape index (κ1) is 14.6. The maximum atomic E-state index is 13.0. The van der Waals surface area contributed by atoms with Gasteiger partial charge in [0.25, 0.3) is 0 Å². The van der Waals surface area contributed by atoms with Gasteiger partial charge in [-0.25, -0.2) is 0 Å². The van der Waals surface area contributed by atoms with Crippen molar-refractivity contribution >= 4 is 11.8 Å². The average Bonchev–Trinajstić information content (AvgIpc) is 2.70. The lowest BCUT2D eigenvalue weighted by molar-refractivity contribution is 0.0989. The van der Waals surface area contributed by atoms with Crippen LogP contribution in [0.5, 0.6) is 0 Å². The summed E-state index contributed by atoms with van der Waals surface area (Å²) in [6.45, 7) is 0. The Bertz CT molecular complexity index is 872. The maximum absolute atomic E-state index is 13.0. The van der Waals surface area contributed by atoms with Crippen LogP contribution in [-0.4, -0.2) is 10.9 Å². The third-order valence-corrected chi connectivity index (χ3v) is 3.72. The van der Waals surface area contributed by atoms with Gasteiger partial charge < -0.3 is 5.11 Å². The van der Waals surface area contributed by atoms with E-state index in [1.807, 2.05) is 30.3 Å². The fourth-order valence-electron chi connectivity index (χ4n) is 2.47. The summed E-state index contributed by atoms with van der Waals surface area (Å²) < 4.78 is 8.53. The van der Waals surface area contributed by atoms with Crippen LogP contribution in [0, 0.1) is 0 Å². The number of carbonyl (C=O) groups excluding carboxylic acids is 1. The predicted octanol–water partition coefficient (Wildman–Crippen LogP) is 4.69. The normalized spacial score (nSPS) is 13.6. The number of hydrogen-bond donors (Lipinski definition) is 1. The monoisotopic (exact) mass is 315 g/mol. The summed E-state index contributed by atoms with van der Waals surface area (Å²) in [5, 5.41) is 10.8. The van der Waals surface area contributed by atoms with Gasteiger partial charge in [-0.3, -0.25) is 4.79 Å². The molecule has 2 nitrogen and oxygen atoms in total. The van der Waals surface area contributed by atoms with Crippen molar-refractivity contribution in [3.63, 3.8) is 0 Å². The standard InChI is InChI=1S/C22H18O2/c23-21(18-12-6-2-7-13-18)20(16-17-10-4-1-5-11-17)22(24)19-14-8-3-9-15-19/h1-16,21,23H/b20-16-/i16D. The van der Waals surface area contributed by atoms with E-state index < -0.39 is 6.10 Å². The van der Waals surface area contributed by atoms with Crippen molar-refractivity contribution < 1.29 is 11.3 Å². The first-order valence-corrected chi connectivity index (χ1v) is 7.77. The highest BCUT2D eigenvalue weighted by Gasteiger charge is 2.21. The van der Waals surface area contributed by atoms with Crippen LogP contribution in [0.25, 0.3) is 6.05 Å². The van der Waals surface area contributed by atoms with Gasteiger partial charge in [0.2, 0.25) is 0 Å². The molecule has 3 aromatic rings. The quantitative estimate of drug-likeness (QED) is 0.548. The minimum atomic E-state index is -1.17. The smallest absolute Gasteiger partial charge is 0.191 e. The van der Waals surface area contributed by atoms with Gasteiger partial charge in [-0.05, 0) is 17.2 Å². The highest BCUT2D eigenvalue weighted by Crippen LogP contribution is 2.26. The summed E-state index contributed by atoms with van der Waals surface area (Å²) in [5.41, 5.74) is 1.70. The Labute approximate surface area is 143 Å². The molecule has 1 atom stereocenters. The molecule has 0 aliphatic heterocycles. The average molecular weight is 315 g/mol. The second-order valence-electron chi connectivity index (χ2n) is 5.41. The SMILES string of the molecule is [2H]/C(=C(/C(=O)c1ccccc1)C(O)c1ccccc1)c1ccccc1.